The van der Waals surface area contributed by atoms with Crippen molar-refractivity contribution in [3.05, 3.63) is 82.3 Å². The van der Waals surface area contributed by atoms with Gasteiger partial charge in [-0.3, -0.25) is 9.52 Å². The lowest BCUT2D eigenvalue weighted by molar-refractivity contribution is -0.123. The molecule has 1 atom stereocenters. The maximum atomic E-state index is 12.6. The Labute approximate surface area is 202 Å². The van der Waals surface area contributed by atoms with E-state index >= 15 is 0 Å². The van der Waals surface area contributed by atoms with Crippen LogP contribution in [-0.4, -0.2) is 28.0 Å². The van der Waals surface area contributed by atoms with E-state index in [1.807, 2.05) is 19.1 Å². The first kappa shape index (κ1) is 24.7. The highest BCUT2D eigenvalue weighted by molar-refractivity contribution is 7.92. The molecular formula is C23H22Cl2N2O5S. The first-order valence-electron chi connectivity index (χ1n) is 9.82. The maximum Gasteiger partial charge on any atom is 0.261 e. The molecule has 174 valence electrons. The molecule has 0 aliphatic carbocycles. The van der Waals surface area contributed by atoms with Gasteiger partial charge in [0.05, 0.1) is 28.8 Å². The van der Waals surface area contributed by atoms with E-state index in [9.17, 15) is 13.2 Å². The summed E-state index contributed by atoms with van der Waals surface area (Å²) in [4.78, 5) is 12.2. The monoisotopic (exact) mass is 508 g/mol. The molecule has 0 saturated carbocycles. The number of nitrogens with one attached hydrogen (secondary N) is 2. The van der Waals surface area contributed by atoms with Crippen LogP contribution in [0.3, 0.4) is 0 Å². The summed E-state index contributed by atoms with van der Waals surface area (Å²) in [5, 5.41) is 3.73. The van der Waals surface area contributed by atoms with Crippen LogP contribution in [0.1, 0.15) is 18.5 Å². The summed E-state index contributed by atoms with van der Waals surface area (Å²) in [5.74, 6) is 0.482. The van der Waals surface area contributed by atoms with Gasteiger partial charge >= 0.3 is 0 Å². The second kappa shape index (κ2) is 10.8. The molecule has 7 nitrogen and oxygen atoms in total. The van der Waals surface area contributed by atoms with Crippen LogP contribution in [0.4, 0.5) is 5.69 Å². The minimum absolute atomic E-state index is 0.0302. The van der Waals surface area contributed by atoms with Crippen molar-refractivity contribution in [2.45, 2.75) is 17.9 Å². The zero-order chi connectivity index (χ0) is 24.0. The van der Waals surface area contributed by atoms with Crippen molar-refractivity contribution in [1.82, 2.24) is 5.32 Å². The normalized spacial score (nSPS) is 12.0. The van der Waals surface area contributed by atoms with Gasteiger partial charge in [-0.05, 0) is 67.1 Å². The summed E-state index contributed by atoms with van der Waals surface area (Å²) in [6.45, 7) is 1.64. The number of ether oxygens (including phenoxy) is 2. The van der Waals surface area contributed by atoms with Gasteiger partial charge in [-0.15, -0.1) is 0 Å². The van der Waals surface area contributed by atoms with Gasteiger partial charge < -0.3 is 14.8 Å². The third-order valence-electron chi connectivity index (χ3n) is 4.66. The van der Waals surface area contributed by atoms with Gasteiger partial charge in [0.15, 0.2) is 6.61 Å². The van der Waals surface area contributed by atoms with E-state index in [0.717, 1.165) is 5.56 Å². The highest BCUT2D eigenvalue weighted by atomic mass is 35.5. The Morgan fingerprint density at radius 2 is 1.67 bits per heavy atom. The first-order chi connectivity index (χ1) is 15.7. The van der Waals surface area contributed by atoms with Crippen LogP contribution >= 0.6 is 23.2 Å². The van der Waals surface area contributed by atoms with Gasteiger partial charge in [-0.25, -0.2) is 8.42 Å². The van der Waals surface area contributed by atoms with Crippen LogP contribution in [0, 0.1) is 0 Å². The zero-order valence-electron chi connectivity index (χ0n) is 17.8. The smallest absolute Gasteiger partial charge is 0.261 e. The van der Waals surface area contributed by atoms with E-state index < -0.39 is 10.0 Å². The van der Waals surface area contributed by atoms with Crippen LogP contribution in [0.5, 0.6) is 11.5 Å². The number of carbonyl (C=O) groups excluding carboxylic acids is 1. The molecule has 3 rings (SSSR count). The number of methoxy groups -OCH3 is 1. The lowest BCUT2D eigenvalue weighted by Gasteiger charge is -2.15. The topological polar surface area (TPSA) is 93.7 Å². The number of benzene rings is 3. The quantitative estimate of drug-likeness (QED) is 0.421. The number of carbonyl (C=O) groups is 1. The molecular weight excluding hydrogens is 487 g/mol. The Kier molecular flexibility index (Phi) is 8.07. The van der Waals surface area contributed by atoms with Gasteiger partial charge in [0.2, 0.25) is 0 Å². The molecule has 0 aliphatic heterocycles. The van der Waals surface area contributed by atoms with Gasteiger partial charge in [0, 0.05) is 5.02 Å². The molecule has 0 heterocycles. The molecule has 0 aromatic heterocycles. The number of anilines is 1. The third kappa shape index (κ3) is 6.77. The molecule has 0 unspecified atom stereocenters. The molecule has 10 heteroatoms. The summed E-state index contributed by atoms with van der Waals surface area (Å²) in [6.07, 6.45) is 0. The fourth-order valence-corrected chi connectivity index (χ4v) is 4.36. The minimum Gasteiger partial charge on any atom is -0.495 e. The first-order valence-corrected chi connectivity index (χ1v) is 12.1. The number of sulfonamides is 1. The molecule has 3 aromatic rings. The number of hydrogen-bond donors (Lipinski definition) is 2. The minimum atomic E-state index is -3.84. The Morgan fingerprint density at radius 3 is 2.27 bits per heavy atom. The summed E-state index contributed by atoms with van der Waals surface area (Å²) in [7, 11) is -2.37. The van der Waals surface area contributed by atoms with Crippen LogP contribution in [0.2, 0.25) is 10.0 Å². The Balaban J connectivity index is 1.56. The maximum absolute atomic E-state index is 12.6. The van der Waals surface area contributed by atoms with Crippen LogP contribution in [0.25, 0.3) is 0 Å². The molecule has 0 aliphatic rings. The summed E-state index contributed by atoms with van der Waals surface area (Å²) in [5.41, 5.74) is 1.21. The molecule has 0 saturated heterocycles. The molecule has 3 aromatic carbocycles. The van der Waals surface area contributed by atoms with Crippen molar-refractivity contribution in [2.75, 3.05) is 18.4 Å². The largest absolute Gasteiger partial charge is 0.495 e. The highest BCUT2D eigenvalue weighted by Crippen LogP contribution is 2.28. The standard InChI is InChI=1S/C23H22Cl2N2O5S/c1-15(16-3-5-17(24)6-4-16)26-23(28)14-32-19-8-10-20(11-9-19)33(29,30)27-18-7-12-22(31-2)21(25)13-18/h3-13,15,27H,14H2,1-2H3,(H,26,28)/t15-/m1/s1. The van der Waals surface area contributed by atoms with E-state index in [1.165, 1.54) is 37.4 Å². The van der Waals surface area contributed by atoms with Crippen molar-refractivity contribution in [3.8, 4) is 11.5 Å². The van der Waals surface area contributed by atoms with Gasteiger partial charge in [-0.2, -0.15) is 0 Å². The van der Waals surface area contributed by atoms with E-state index in [2.05, 4.69) is 10.0 Å². The summed E-state index contributed by atoms with van der Waals surface area (Å²) >= 11 is 11.9. The molecule has 1 amide bonds. The summed E-state index contributed by atoms with van der Waals surface area (Å²) in [6, 6.07) is 17.3. The van der Waals surface area contributed by atoms with Crippen molar-refractivity contribution in [3.63, 3.8) is 0 Å². The lowest BCUT2D eigenvalue weighted by Crippen LogP contribution is -2.31. The second-order valence-electron chi connectivity index (χ2n) is 7.06. The average molecular weight is 509 g/mol. The predicted octanol–water partition coefficient (Wildman–Crippen LogP) is 5.06. The molecule has 0 fully saturated rings. The zero-order valence-corrected chi connectivity index (χ0v) is 20.2. The fraction of sp³-hybridized carbons (Fsp3) is 0.174. The Hall–Kier alpha value is -2.94. The van der Waals surface area contributed by atoms with E-state index in [1.54, 1.807) is 24.3 Å². The van der Waals surface area contributed by atoms with E-state index in [0.29, 0.717) is 22.2 Å². The Bertz CT molecular complexity index is 1220. The number of halogens is 2. The Morgan fingerprint density at radius 1 is 1.00 bits per heavy atom. The van der Waals surface area contributed by atoms with Crippen molar-refractivity contribution < 1.29 is 22.7 Å². The van der Waals surface area contributed by atoms with Crippen LogP contribution in [0.15, 0.2) is 71.6 Å². The molecule has 0 bridgehead atoms. The predicted molar refractivity (Wildman–Crippen MR) is 129 cm³/mol. The van der Waals surface area contributed by atoms with Crippen molar-refractivity contribution >= 4 is 44.8 Å². The second-order valence-corrected chi connectivity index (χ2v) is 9.58. The average Bonchev–Trinajstić information content (AvgIpc) is 2.78. The number of rotatable bonds is 9. The number of amides is 1. The lowest BCUT2D eigenvalue weighted by atomic mass is 10.1. The van der Waals surface area contributed by atoms with Gasteiger partial charge in [0.25, 0.3) is 15.9 Å². The van der Waals surface area contributed by atoms with Gasteiger partial charge in [-0.1, -0.05) is 35.3 Å². The van der Waals surface area contributed by atoms with Crippen molar-refractivity contribution in [2.24, 2.45) is 0 Å². The number of hydrogen-bond acceptors (Lipinski definition) is 5. The molecule has 0 spiro atoms. The third-order valence-corrected chi connectivity index (χ3v) is 6.60. The molecule has 0 radical (unpaired) electrons. The SMILES string of the molecule is COc1ccc(NS(=O)(=O)c2ccc(OCC(=O)N[C@H](C)c3ccc(Cl)cc3)cc2)cc1Cl. The summed E-state index contributed by atoms with van der Waals surface area (Å²) < 4.78 is 38.2. The van der Waals surface area contributed by atoms with Gasteiger partial charge in [0.1, 0.15) is 11.5 Å². The van der Waals surface area contributed by atoms with Crippen molar-refractivity contribution in [1.29, 1.82) is 0 Å². The molecule has 2 N–H and O–H groups in total. The van der Waals surface area contributed by atoms with Crippen LogP contribution < -0.4 is 19.5 Å². The van der Waals surface area contributed by atoms with Crippen LogP contribution in [-0.2, 0) is 14.8 Å². The van der Waals surface area contributed by atoms with E-state index in [-0.39, 0.29) is 28.5 Å². The molecule has 33 heavy (non-hydrogen) atoms. The highest BCUT2D eigenvalue weighted by Gasteiger charge is 2.16. The fourth-order valence-electron chi connectivity index (χ4n) is 2.93. The van der Waals surface area contributed by atoms with E-state index in [4.69, 9.17) is 32.7 Å².